The molecule has 0 radical (unpaired) electrons. The van der Waals surface area contributed by atoms with Crippen LogP contribution in [-0.4, -0.2) is 97.3 Å². The van der Waals surface area contributed by atoms with Crippen LogP contribution in [-0.2, 0) is 9.53 Å². The Balaban J connectivity index is 1.23. The van der Waals surface area contributed by atoms with Gasteiger partial charge in [-0.2, -0.15) is 0 Å². The summed E-state index contributed by atoms with van der Waals surface area (Å²) in [6.45, 7) is 10.7. The molecule has 0 spiro atoms. The van der Waals surface area contributed by atoms with Gasteiger partial charge in [0.25, 0.3) is 0 Å². The van der Waals surface area contributed by atoms with Gasteiger partial charge < -0.3 is 19.4 Å². The van der Waals surface area contributed by atoms with Crippen molar-refractivity contribution in [2.45, 2.75) is 25.9 Å². The van der Waals surface area contributed by atoms with Crippen molar-refractivity contribution < 1.29 is 9.53 Å². The molecule has 3 saturated heterocycles. The number of carbonyl (C=O) groups is 1. The normalized spacial score (nSPS) is 23.0. The number of hydrogen-bond acceptors (Lipinski definition) is 7. The first kappa shape index (κ1) is 20.5. The molecule has 2 aromatic rings. The van der Waals surface area contributed by atoms with Gasteiger partial charge in [0.05, 0.1) is 18.2 Å². The van der Waals surface area contributed by atoms with Gasteiger partial charge in [0, 0.05) is 76.9 Å². The number of aromatic nitrogens is 2. The first-order chi connectivity index (χ1) is 15.2. The minimum atomic E-state index is 0.116. The summed E-state index contributed by atoms with van der Waals surface area (Å²) in [5, 5.41) is 1.16. The molecule has 31 heavy (non-hydrogen) atoms. The van der Waals surface area contributed by atoms with Gasteiger partial charge in [-0.1, -0.05) is 0 Å². The van der Waals surface area contributed by atoms with E-state index in [0.717, 1.165) is 62.5 Å². The number of benzene rings is 1. The minimum absolute atomic E-state index is 0.116. The summed E-state index contributed by atoms with van der Waals surface area (Å²) in [4.78, 5) is 30.0. The Bertz CT molecular complexity index is 923. The summed E-state index contributed by atoms with van der Waals surface area (Å²) >= 11 is 0. The Morgan fingerprint density at radius 3 is 2.61 bits per heavy atom. The minimum Gasteiger partial charge on any atom is -0.373 e. The first-order valence-electron chi connectivity index (χ1n) is 11.5. The van der Waals surface area contributed by atoms with Crippen LogP contribution < -0.4 is 9.80 Å². The summed E-state index contributed by atoms with van der Waals surface area (Å²) in [6, 6.07) is 6.59. The third-order valence-electron chi connectivity index (χ3n) is 6.79. The molecular formula is C23H32N6O2. The highest BCUT2D eigenvalue weighted by Crippen LogP contribution is 2.30. The van der Waals surface area contributed by atoms with Crippen LogP contribution in [0, 0.1) is 0 Å². The summed E-state index contributed by atoms with van der Waals surface area (Å²) in [6.07, 6.45) is 4.28. The molecule has 0 aliphatic carbocycles. The van der Waals surface area contributed by atoms with Gasteiger partial charge >= 0.3 is 0 Å². The van der Waals surface area contributed by atoms with Gasteiger partial charge in [-0.15, -0.1) is 0 Å². The Morgan fingerprint density at radius 2 is 1.84 bits per heavy atom. The second kappa shape index (κ2) is 8.96. The first-order valence-corrected chi connectivity index (χ1v) is 11.5. The van der Waals surface area contributed by atoms with Crippen LogP contribution in [0.2, 0.25) is 0 Å². The molecule has 8 nitrogen and oxygen atoms in total. The second-order valence-corrected chi connectivity index (χ2v) is 8.84. The van der Waals surface area contributed by atoms with E-state index in [9.17, 15) is 4.79 Å². The lowest BCUT2D eigenvalue weighted by molar-refractivity contribution is -0.137. The fraction of sp³-hybridized carbons (Fsp3) is 0.609. The van der Waals surface area contributed by atoms with Gasteiger partial charge in [-0.3, -0.25) is 9.69 Å². The van der Waals surface area contributed by atoms with E-state index < -0.39 is 0 Å². The van der Waals surface area contributed by atoms with Gasteiger partial charge in [-0.25, -0.2) is 9.97 Å². The number of morpholine rings is 1. The predicted molar refractivity (Wildman–Crippen MR) is 122 cm³/mol. The van der Waals surface area contributed by atoms with Gasteiger partial charge in [0.2, 0.25) is 5.91 Å². The maximum Gasteiger partial charge on any atom is 0.219 e. The highest BCUT2D eigenvalue weighted by Gasteiger charge is 2.26. The average Bonchev–Trinajstić information content (AvgIpc) is 3.34. The third kappa shape index (κ3) is 4.45. The molecule has 8 heteroatoms. The molecule has 3 fully saturated rings. The molecule has 5 rings (SSSR count). The Hall–Kier alpha value is -2.45. The standard InChI is InChI=1S/C23H32N6O2/c1-18(30)29-12-13-31-20(16-29)15-26-8-10-27(11-9-26)19-4-5-22-21(14-19)23(25-17-24-22)28-6-2-3-7-28/h4-5,14,17,20H,2-3,6-13,15-16H2,1H3. The van der Waals surface area contributed by atoms with Gasteiger partial charge in [-0.05, 0) is 31.0 Å². The molecule has 1 amide bonds. The van der Waals surface area contributed by atoms with E-state index in [1.165, 1.54) is 18.5 Å². The number of amides is 1. The van der Waals surface area contributed by atoms with Crippen LogP contribution in [0.25, 0.3) is 10.9 Å². The molecule has 0 saturated carbocycles. The maximum absolute atomic E-state index is 11.7. The lowest BCUT2D eigenvalue weighted by Gasteiger charge is -2.39. The van der Waals surface area contributed by atoms with Crippen molar-refractivity contribution in [3.05, 3.63) is 24.5 Å². The summed E-state index contributed by atoms with van der Waals surface area (Å²) < 4.78 is 5.91. The monoisotopic (exact) mass is 424 g/mol. The fourth-order valence-corrected chi connectivity index (χ4v) is 5.00. The topological polar surface area (TPSA) is 65.0 Å². The molecule has 0 bridgehead atoms. The smallest absolute Gasteiger partial charge is 0.219 e. The predicted octanol–water partition coefficient (Wildman–Crippen LogP) is 1.60. The summed E-state index contributed by atoms with van der Waals surface area (Å²) in [7, 11) is 0. The number of anilines is 2. The Kier molecular flexibility index (Phi) is 5.91. The van der Waals surface area contributed by atoms with E-state index in [4.69, 9.17) is 4.74 Å². The molecule has 1 aromatic carbocycles. The number of ether oxygens (including phenoxy) is 1. The van der Waals surface area contributed by atoms with Crippen molar-refractivity contribution in [2.24, 2.45) is 0 Å². The van der Waals surface area contributed by atoms with Crippen LogP contribution in [0.4, 0.5) is 11.5 Å². The summed E-state index contributed by atoms with van der Waals surface area (Å²) in [5.74, 6) is 1.22. The zero-order valence-electron chi connectivity index (χ0n) is 18.4. The lowest BCUT2D eigenvalue weighted by Crippen LogP contribution is -2.53. The molecular weight excluding hydrogens is 392 g/mol. The number of hydrogen-bond donors (Lipinski definition) is 0. The third-order valence-corrected chi connectivity index (χ3v) is 6.79. The van der Waals surface area contributed by atoms with Crippen molar-refractivity contribution in [3.8, 4) is 0 Å². The van der Waals surface area contributed by atoms with E-state index in [1.54, 1.807) is 13.3 Å². The van der Waals surface area contributed by atoms with E-state index in [2.05, 4.69) is 42.9 Å². The number of carbonyl (C=O) groups excluding carboxylic acids is 1. The quantitative estimate of drug-likeness (QED) is 0.739. The van der Waals surface area contributed by atoms with Crippen LogP contribution >= 0.6 is 0 Å². The van der Waals surface area contributed by atoms with Crippen LogP contribution in [0.5, 0.6) is 0 Å². The average molecular weight is 425 g/mol. The van der Waals surface area contributed by atoms with Crippen molar-refractivity contribution >= 4 is 28.3 Å². The Labute approximate surface area is 183 Å². The van der Waals surface area contributed by atoms with Crippen molar-refractivity contribution in [1.29, 1.82) is 0 Å². The Morgan fingerprint density at radius 1 is 1.03 bits per heavy atom. The molecule has 1 atom stereocenters. The highest BCUT2D eigenvalue weighted by atomic mass is 16.5. The zero-order valence-corrected chi connectivity index (χ0v) is 18.4. The maximum atomic E-state index is 11.7. The van der Waals surface area contributed by atoms with Gasteiger partial charge in [0.1, 0.15) is 12.1 Å². The number of nitrogens with zero attached hydrogens (tertiary/aromatic N) is 6. The molecule has 4 heterocycles. The van der Waals surface area contributed by atoms with Crippen molar-refractivity contribution in [3.63, 3.8) is 0 Å². The SMILES string of the molecule is CC(=O)N1CCOC(CN2CCN(c3ccc4ncnc(N5CCCC5)c4c3)CC2)C1. The number of piperazine rings is 1. The molecule has 3 aliphatic heterocycles. The molecule has 166 valence electrons. The molecule has 1 unspecified atom stereocenters. The zero-order chi connectivity index (χ0) is 21.2. The van der Waals surface area contributed by atoms with Crippen LogP contribution in [0.15, 0.2) is 24.5 Å². The van der Waals surface area contributed by atoms with E-state index in [0.29, 0.717) is 19.7 Å². The van der Waals surface area contributed by atoms with Crippen LogP contribution in [0.1, 0.15) is 19.8 Å². The van der Waals surface area contributed by atoms with E-state index in [1.807, 2.05) is 4.90 Å². The van der Waals surface area contributed by atoms with Crippen LogP contribution in [0.3, 0.4) is 0 Å². The summed E-state index contributed by atoms with van der Waals surface area (Å²) in [5.41, 5.74) is 2.27. The van der Waals surface area contributed by atoms with Gasteiger partial charge in [0.15, 0.2) is 0 Å². The highest BCUT2D eigenvalue weighted by molar-refractivity contribution is 5.92. The van der Waals surface area contributed by atoms with Crippen molar-refractivity contribution in [1.82, 2.24) is 19.8 Å². The number of rotatable bonds is 4. The van der Waals surface area contributed by atoms with E-state index in [-0.39, 0.29) is 12.0 Å². The van der Waals surface area contributed by atoms with Crippen molar-refractivity contribution in [2.75, 3.05) is 75.3 Å². The molecule has 1 aromatic heterocycles. The fourth-order valence-electron chi connectivity index (χ4n) is 5.00. The lowest BCUT2D eigenvalue weighted by atomic mass is 10.1. The molecule has 0 N–H and O–H groups in total. The molecule has 3 aliphatic rings. The second-order valence-electron chi connectivity index (χ2n) is 8.84. The number of fused-ring (bicyclic) bond motifs is 1. The largest absolute Gasteiger partial charge is 0.373 e. The van der Waals surface area contributed by atoms with E-state index >= 15 is 0 Å².